The van der Waals surface area contributed by atoms with Crippen LogP contribution in [-0.4, -0.2) is 103 Å². The molecular weight excluding hydrogens is 462 g/mol. The van der Waals surface area contributed by atoms with E-state index in [9.17, 15) is 9.59 Å². The van der Waals surface area contributed by atoms with Gasteiger partial charge in [0.2, 0.25) is 5.91 Å². The van der Waals surface area contributed by atoms with E-state index in [1.807, 2.05) is 76.7 Å². The molecule has 2 aromatic rings. The summed E-state index contributed by atoms with van der Waals surface area (Å²) >= 11 is 0. The third-order valence-electron chi connectivity index (χ3n) is 5.02. The lowest BCUT2D eigenvalue weighted by atomic mass is 10.1. The van der Waals surface area contributed by atoms with E-state index in [1.54, 1.807) is 7.05 Å². The van der Waals surface area contributed by atoms with Crippen LogP contribution in [0, 0.1) is 0 Å². The molecule has 0 saturated carbocycles. The van der Waals surface area contributed by atoms with Crippen LogP contribution in [0.3, 0.4) is 0 Å². The van der Waals surface area contributed by atoms with Gasteiger partial charge in [0, 0.05) is 20.1 Å². The number of methoxy groups -OCH3 is 1. The summed E-state index contributed by atoms with van der Waals surface area (Å²) in [5.74, 6) is 1.33. The molecule has 2 rings (SSSR count). The maximum Gasteiger partial charge on any atom is 0.309 e. The van der Waals surface area contributed by atoms with Crippen molar-refractivity contribution in [1.82, 2.24) is 14.9 Å². The average Bonchev–Trinajstić information content (AvgIpc) is 2.85. The third kappa shape index (κ3) is 13.7. The number of esters is 1. The number of ether oxygens (including phenoxy) is 3. The Morgan fingerprint density at radius 1 is 0.667 bits per heavy atom. The number of hydrogen-bond donors (Lipinski definition) is 0. The molecule has 2 aromatic carbocycles. The van der Waals surface area contributed by atoms with Crippen molar-refractivity contribution in [2.24, 2.45) is 0 Å². The maximum absolute atomic E-state index is 11.6. The Morgan fingerprint density at radius 2 is 1.08 bits per heavy atom. The monoisotopic (exact) mass is 503 g/mol. The van der Waals surface area contributed by atoms with E-state index in [2.05, 4.69) is 14.5 Å². The Kier molecular flexibility index (Phi) is 14.9. The second-order valence-electron chi connectivity index (χ2n) is 8.59. The number of carbonyl (C=O) groups is 2. The molecule has 0 unspecified atom stereocenters. The summed E-state index contributed by atoms with van der Waals surface area (Å²) in [6.07, 6.45) is 0.622. The quantitative estimate of drug-likeness (QED) is 0.305. The van der Waals surface area contributed by atoms with E-state index in [0.717, 1.165) is 35.7 Å². The molecule has 0 radical (unpaired) electrons. The Bertz CT molecular complexity index is 885. The van der Waals surface area contributed by atoms with Crippen LogP contribution in [0.2, 0.25) is 0 Å². The molecule has 0 saturated heterocycles. The van der Waals surface area contributed by atoms with Gasteiger partial charge in [0.05, 0.1) is 27.1 Å². The van der Waals surface area contributed by atoms with Crippen molar-refractivity contribution in [2.75, 3.05) is 75.8 Å². The first-order valence-corrected chi connectivity index (χ1v) is 11.7. The van der Waals surface area contributed by atoms with E-state index in [0.29, 0.717) is 26.1 Å². The number of carbonyl (C=O) groups excluding carboxylic acids is 2. The normalized spacial score (nSPS) is 10.5. The fraction of sp³-hybridized carbons (Fsp3) is 0.481. The zero-order valence-corrected chi connectivity index (χ0v) is 22.7. The fourth-order valence-corrected chi connectivity index (χ4v) is 2.73. The molecule has 0 aliphatic heterocycles. The van der Waals surface area contributed by atoms with E-state index in [-0.39, 0.29) is 11.9 Å². The lowest BCUT2D eigenvalue weighted by molar-refractivity contribution is -0.167. The molecule has 200 valence electrons. The molecular formula is C27H41N3O6. The van der Waals surface area contributed by atoms with Gasteiger partial charge in [-0.15, -0.1) is 0 Å². The smallest absolute Gasteiger partial charge is 0.309 e. The van der Waals surface area contributed by atoms with Gasteiger partial charge in [-0.2, -0.15) is 0 Å². The number of benzene rings is 2. The lowest BCUT2D eigenvalue weighted by Crippen LogP contribution is -2.26. The lowest BCUT2D eigenvalue weighted by Gasteiger charge is -2.14. The van der Waals surface area contributed by atoms with Crippen LogP contribution in [0.25, 0.3) is 0 Å². The molecule has 36 heavy (non-hydrogen) atoms. The van der Waals surface area contributed by atoms with Crippen molar-refractivity contribution >= 4 is 11.9 Å². The molecule has 0 fully saturated rings. The SMILES string of the molecule is COC(=O)Cc1ccc(OCCN(C)C)cc1.CON(C)C(=O)Cc1ccc(OCCN(C)C)cc1. The van der Waals surface area contributed by atoms with Crippen molar-refractivity contribution in [3.8, 4) is 11.5 Å². The summed E-state index contributed by atoms with van der Waals surface area (Å²) < 4.78 is 15.7. The van der Waals surface area contributed by atoms with Crippen LogP contribution < -0.4 is 9.47 Å². The largest absolute Gasteiger partial charge is 0.492 e. The van der Waals surface area contributed by atoms with Gasteiger partial charge in [-0.25, -0.2) is 5.06 Å². The zero-order chi connectivity index (χ0) is 26.9. The predicted octanol–water partition coefficient (Wildman–Crippen LogP) is 2.53. The zero-order valence-electron chi connectivity index (χ0n) is 22.7. The van der Waals surface area contributed by atoms with Crippen LogP contribution in [0.15, 0.2) is 48.5 Å². The summed E-state index contributed by atoms with van der Waals surface area (Å²) in [4.78, 5) is 31.7. The average molecular weight is 504 g/mol. The van der Waals surface area contributed by atoms with Crippen molar-refractivity contribution < 1.29 is 28.6 Å². The minimum absolute atomic E-state index is 0.0798. The molecule has 0 atom stereocenters. The summed E-state index contributed by atoms with van der Waals surface area (Å²) in [6.45, 7) is 3.06. The summed E-state index contributed by atoms with van der Waals surface area (Å²) in [6, 6.07) is 15.0. The van der Waals surface area contributed by atoms with Gasteiger partial charge >= 0.3 is 5.97 Å². The van der Waals surface area contributed by atoms with E-state index in [1.165, 1.54) is 19.3 Å². The first-order chi connectivity index (χ1) is 17.1. The molecule has 1 amide bonds. The van der Waals surface area contributed by atoms with Crippen molar-refractivity contribution in [2.45, 2.75) is 12.8 Å². The van der Waals surface area contributed by atoms with Gasteiger partial charge in [0.1, 0.15) is 24.7 Å². The molecule has 9 heteroatoms. The van der Waals surface area contributed by atoms with Gasteiger partial charge in [0.25, 0.3) is 0 Å². The molecule has 0 heterocycles. The topological polar surface area (TPSA) is 80.8 Å². The second kappa shape index (κ2) is 17.3. The summed E-state index contributed by atoms with van der Waals surface area (Å²) in [7, 11) is 12.5. The van der Waals surface area contributed by atoms with Crippen LogP contribution in [-0.2, 0) is 32.0 Å². The van der Waals surface area contributed by atoms with Gasteiger partial charge in [-0.3, -0.25) is 14.4 Å². The van der Waals surface area contributed by atoms with E-state index < -0.39 is 0 Å². The number of hydrogen-bond acceptors (Lipinski definition) is 8. The number of amides is 1. The highest BCUT2D eigenvalue weighted by Gasteiger charge is 2.09. The number of likely N-dealkylation sites (N-methyl/N-ethyl adjacent to an activating group) is 3. The standard InChI is InChI=1S/C14H22N2O3.C13H19NO3/c1-15(2)9-10-19-13-7-5-12(6-8-13)11-14(17)16(3)18-4;1-14(2)8-9-17-12-6-4-11(5-7-12)10-13(15)16-3/h5-8H,9-11H2,1-4H3;4-7H,8-10H2,1-3H3. The highest BCUT2D eigenvalue weighted by Crippen LogP contribution is 2.14. The Morgan fingerprint density at radius 3 is 1.44 bits per heavy atom. The minimum Gasteiger partial charge on any atom is -0.492 e. The van der Waals surface area contributed by atoms with Crippen molar-refractivity contribution in [1.29, 1.82) is 0 Å². The van der Waals surface area contributed by atoms with Crippen LogP contribution >= 0.6 is 0 Å². The highest BCUT2D eigenvalue weighted by atomic mass is 16.7. The minimum atomic E-state index is -0.230. The Balaban J connectivity index is 0.000000362. The van der Waals surface area contributed by atoms with Crippen LogP contribution in [0.1, 0.15) is 11.1 Å². The molecule has 0 spiro atoms. The number of rotatable bonds is 13. The van der Waals surface area contributed by atoms with E-state index >= 15 is 0 Å². The summed E-state index contributed by atoms with van der Waals surface area (Å²) in [5, 5.41) is 1.22. The van der Waals surface area contributed by atoms with Gasteiger partial charge in [-0.05, 0) is 63.6 Å². The Hall–Kier alpha value is -3.14. The maximum atomic E-state index is 11.6. The van der Waals surface area contributed by atoms with Crippen LogP contribution in [0.5, 0.6) is 11.5 Å². The van der Waals surface area contributed by atoms with Crippen molar-refractivity contribution in [3.05, 3.63) is 59.7 Å². The van der Waals surface area contributed by atoms with Crippen LogP contribution in [0.4, 0.5) is 0 Å². The second-order valence-corrected chi connectivity index (χ2v) is 8.59. The van der Waals surface area contributed by atoms with E-state index in [4.69, 9.17) is 14.3 Å². The predicted molar refractivity (Wildman–Crippen MR) is 140 cm³/mol. The molecule has 9 nitrogen and oxygen atoms in total. The van der Waals surface area contributed by atoms with Gasteiger partial charge in [0.15, 0.2) is 0 Å². The molecule has 0 bridgehead atoms. The first kappa shape index (κ1) is 30.9. The molecule has 0 aromatic heterocycles. The Labute approximate surface area is 215 Å². The van der Waals surface area contributed by atoms with Crippen molar-refractivity contribution in [3.63, 3.8) is 0 Å². The van der Waals surface area contributed by atoms with Gasteiger partial charge < -0.3 is 24.0 Å². The first-order valence-electron chi connectivity index (χ1n) is 11.7. The number of hydroxylamine groups is 2. The fourth-order valence-electron chi connectivity index (χ4n) is 2.73. The number of nitrogens with zero attached hydrogens (tertiary/aromatic N) is 3. The van der Waals surface area contributed by atoms with Gasteiger partial charge in [-0.1, -0.05) is 24.3 Å². The molecule has 0 N–H and O–H groups in total. The molecule has 0 aliphatic rings. The summed E-state index contributed by atoms with van der Waals surface area (Å²) in [5.41, 5.74) is 1.87. The third-order valence-corrected chi connectivity index (χ3v) is 5.02. The highest BCUT2D eigenvalue weighted by molar-refractivity contribution is 5.77. The molecule has 0 aliphatic carbocycles.